The van der Waals surface area contributed by atoms with E-state index in [-0.39, 0.29) is 0 Å². The van der Waals surface area contributed by atoms with Crippen molar-refractivity contribution in [2.75, 3.05) is 0 Å². The van der Waals surface area contributed by atoms with Crippen molar-refractivity contribution < 1.29 is 0 Å². The van der Waals surface area contributed by atoms with E-state index in [0.717, 1.165) is 5.57 Å². The van der Waals surface area contributed by atoms with Gasteiger partial charge in [0.2, 0.25) is 5.82 Å². The standard InChI is InChI=1S/C8H10N4/c1-3-5-6-7(4-2)8-9-11-12-10-8/h3-6H,1H2,2H3,(H,9,10,11,12)/b6-5-,7-4+. The molecule has 0 aliphatic carbocycles. The average Bonchev–Trinajstić information content (AvgIpc) is 2.59. The Morgan fingerprint density at radius 2 is 2.42 bits per heavy atom. The van der Waals surface area contributed by atoms with Crippen molar-refractivity contribution in [3.63, 3.8) is 0 Å². The van der Waals surface area contributed by atoms with E-state index in [1.54, 1.807) is 6.08 Å². The van der Waals surface area contributed by atoms with Gasteiger partial charge in [0.1, 0.15) is 0 Å². The van der Waals surface area contributed by atoms with Crippen molar-refractivity contribution in [2.24, 2.45) is 0 Å². The quantitative estimate of drug-likeness (QED) is 0.682. The van der Waals surface area contributed by atoms with Gasteiger partial charge in [-0.3, -0.25) is 0 Å². The molecule has 1 aromatic heterocycles. The van der Waals surface area contributed by atoms with Gasteiger partial charge in [-0.15, -0.1) is 10.2 Å². The number of nitrogens with zero attached hydrogens (tertiary/aromatic N) is 3. The lowest BCUT2D eigenvalue weighted by Crippen LogP contribution is -1.83. The Labute approximate surface area is 70.7 Å². The van der Waals surface area contributed by atoms with Crippen LogP contribution in [-0.4, -0.2) is 20.6 Å². The first-order valence-corrected chi connectivity index (χ1v) is 3.57. The SMILES string of the molecule is C=C/C=C\C(=C/C)c1nn[nH]n1. The number of H-pyrrole nitrogens is 1. The van der Waals surface area contributed by atoms with Gasteiger partial charge in [-0.05, 0) is 12.1 Å². The molecule has 0 saturated heterocycles. The smallest absolute Gasteiger partial charge is 0.177 e. The lowest BCUT2D eigenvalue weighted by Gasteiger charge is -1.89. The number of aromatic nitrogens is 4. The first-order valence-electron chi connectivity index (χ1n) is 3.57. The van der Waals surface area contributed by atoms with Crippen LogP contribution in [0.5, 0.6) is 0 Å². The van der Waals surface area contributed by atoms with E-state index in [9.17, 15) is 0 Å². The highest BCUT2D eigenvalue weighted by Gasteiger charge is 1.99. The lowest BCUT2D eigenvalue weighted by atomic mass is 10.2. The van der Waals surface area contributed by atoms with E-state index in [0.29, 0.717) is 5.82 Å². The number of hydrogen-bond acceptors (Lipinski definition) is 3. The molecular formula is C8H10N4. The Kier molecular flexibility index (Phi) is 2.95. The summed E-state index contributed by atoms with van der Waals surface area (Å²) in [5.74, 6) is 0.593. The molecule has 0 spiro atoms. The predicted octanol–water partition coefficient (Wildman–Crippen LogP) is 1.35. The van der Waals surface area contributed by atoms with Gasteiger partial charge in [-0.2, -0.15) is 5.21 Å². The van der Waals surface area contributed by atoms with E-state index >= 15 is 0 Å². The highest BCUT2D eigenvalue weighted by Crippen LogP contribution is 2.08. The zero-order chi connectivity index (χ0) is 8.81. The van der Waals surface area contributed by atoms with Crippen LogP contribution >= 0.6 is 0 Å². The second kappa shape index (κ2) is 4.23. The molecule has 1 rings (SSSR count). The Hall–Kier alpha value is -1.71. The maximum absolute atomic E-state index is 3.84. The van der Waals surface area contributed by atoms with Crippen LogP contribution in [0.15, 0.2) is 30.9 Å². The van der Waals surface area contributed by atoms with Gasteiger partial charge >= 0.3 is 0 Å². The van der Waals surface area contributed by atoms with Crippen molar-refractivity contribution >= 4 is 5.57 Å². The molecule has 0 amide bonds. The molecule has 0 saturated carbocycles. The Morgan fingerprint density at radius 3 is 2.92 bits per heavy atom. The summed E-state index contributed by atoms with van der Waals surface area (Å²) in [6.07, 6.45) is 7.30. The summed E-state index contributed by atoms with van der Waals surface area (Å²) in [7, 11) is 0. The number of tetrazole rings is 1. The summed E-state index contributed by atoms with van der Waals surface area (Å²) in [6.45, 7) is 5.49. The number of hydrogen-bond donors (Lipinski definition) is 1. The normalized spacial score (nSPS) is 12.2. The van der Waals surface area contributed by atoms with Gasteiger partial charge in [0.25, 0.3) is 0 Å². The molecule has 12 heavy (non-hydrogen) atoms. The van der Waals surface area contributed by atoms with Crippen LogP contribution in [0.3, 0.4) is 0 Å². The fraction of sp³-hybridized carbons (Fsp3) is 0.125. The summed E-state index contributed by atoms with van der Waals surface area (Å²) >= 11 is 0. The van der Waals surface area contributed by atoms with Crippen LogP contribution < -0.4 is 0 Å². The second-order valence-corrected chi connectivity index (χ2v) is 2.07. The third-order valence-electron chi connectivity index (χ3n) is 1.33. The summed E-state index contributed by atoms with van der Waals surface area (Å²) < 4.78 is 0. The molecule has 0 bridgehead atoms. The molecule has 1 aromatic rings. The molecule has 4 nitrogen and oxygen atoms in total. The van der Waals surface area contributed by atoms with Crippen LogP contribution in [0.4, 0.5) is 0 Å². The Balaban J connectivity index is 2.85. The van der Waals surface area contributed by atoms with Gasteiger partial charge in [0.15, 0.2) is 0 Å². The van der Waals surface area contributed by atoms with Gasteiger partial charge in [-0.1, -0.05) is 30.9 Å². The third-order valence-corrected chi connectivity index (χ3v) is 1.33. The Morgan fingerprint density at radius 1 is 1.58 bits per heavy atom. The molecule has 0 unspecified atom stereocenters. The van der Waals surface area contributed by atoms with E-state index in [1.807, 2.05) is 25.2 Å². The molecule has 0 aromatic carbocycles. The molecule has 1 heterocycles. The minimum Gasteiger partial charge on any atom is -0.177 e. The topological polar surface area (TPSA) is 54.5 Å². The zero-order valence-corrected chi connectivity index (χ0v) is 6.86. The molecule has 0 fully saturated rings. The molecular weight excluding hydrogens is 152 g/mol. The van der Waals surface area contributed by atoms with Gasteiger partial charge < -0.3 is 0 Å². The molecule has 0 radical (unpaired) electrons. The van der Waals surface area contributed by atoms with Crippen LogP contribution in [0.1, 0.15) is 12.7 Å². The maximum Gasteiger partial charge on any atom is 0.204 e. The molecule has 62 valence electrons. The van der Waals surface area contributed by atoms with Gasteiger partial charge in [0.05, 0.1) is 0 Å². The lowest BCUT2D eigenvalue weighted by molar-refractivity contribution is 0.881. The van der Waals surface area contributed by atoms with Crippen LogP contribution in [0.25, 0.3) is 5.57 Å². The van der Waals surface area contributed by atoms with Crippen LogP contribution in [0.2, 0.25) is 0 Å². The van der Waals surface area contributed by atoms with Crippen molar-refractivity contribution in [3.05, 3.63) is 36.7 Å². The summed E-state index contributed by atoms with van der Waals surface area (Å²) in [5, 5.41) is 13.5. The Bertz CT molecular complexity index is 295. The largest absolute Gasteiger partial charge is 0.204 e. The highest BCUT2D eigenvalue weighted by atomic mass is 15.5. The minimum absolute atomic E-state index is 0.593. The number of aromatic amines is 1. The molecule has 0 atom stereocenters. The summed E-state index contributed by atoms with van der Waals surface area (Å²) in [6, 6.07) is 0. The monoisotopic (exact) mass is 162 g/mol. The average molecular weight is 162 g/mol. The van der Waals surface area contributed by atoms with E-state index in [4.69, 9.17) is 0 Å². The maximum atomic E-state index is 3.84. The van der Waals surface area contributed by atoms with Crippen LogP contribution in [0, 0.1) is 0 Å². The minimum atomic E-state index is 0.593. The van der Waals surface area contributed by atoms with E-state index < -0.39 is 0 Å². The first-order chi connectivity index (χ1) is 5.88. The molecule has 0 aliphatic rings. The van der Waals surface area contributed by atoms with Gasteiger partial charge in [0, 0.05) is 5.57 Å². The summed E-state index contributed by atoms with van der Waals surface area (Å²) in [5.41, 5.74) is 0.920. The van der Waals surface area contributed by atoms with Crippen molar-refractivity contribution in [2.45, 2.75) is 6.92 Å². The number of allylic oxidation sites excluding steroid dienone is 5. The number of rotatable bonds is 3. The highest BCUT2D eigenvalue weighted by molar-refractivity contribution is 5.68. The van der Waals surface area contributed by atoms with Gasteiger partial charge in [-0.25, -0.2) is 0 Å². The fourth-order valence-electron chi connectivity index (χ4n) is 0.756. The fourth-order valence-corrected chi connectivity index (χ4v) is 0.756. The van der Waals surface area contributed by atoms with E-state index in [2.05, 4.69) is 27.2 Å². The molecule has 4 heteroatoms. The van der Waals surface area contributed by atoms with E-state index in [1.165, 1.54) is 0 Å². The first kappa shape index (κ1) is 8.39. The second-order valence-electron chi connectivity index (χ2n) is 2.07. The number of nitrogens with one attached hydrogen (secondary N) is 1. The predicted molar refractivity (Wildman–Crippen MR) is 47.2 cm³/mol. The molecule has 0 aliphatic heterocycles. The van der Waals surface area contributed by atoms with Crippen LogP contribution in [-0.2, 0) is 0 Å². The van der Waals surface area contributed by atoms with Crippen molar-refractivity contribution in [1.29, 1.82) is 0 Å². The zero-order valence-electron chi connectivity index (χ0n) is 6.86. The van der Waals surface area contributed by atoms with Crippen molar-refractivity contribution in [3.8, 4) is 0 Å². The summed E-state index contributed by atoms with van der Waals surface area (Å²) in [4.78, 5) is 0. The third kappa shape index (κ3) is 1.88. The molecule has 1 N–H and O–H groups in total. The van der Waals surface area contributed by atoms with Crippen molar-refractivity contribution in [1.82, 2.24) is 20.6 Å².